The van der Waals surface area contributed by atoms with E-state index in [1.165, 1.54) is 49.2 Å². The zero-order chi connectivity index (χ0) is 18.9. The highest BCUT2D eigenvalue weighted by molar-refractivity contribution is 5.63. The van der Waals surface area contributed by atoms with E-state index in [1.54, 1.807) is 6.07 Å². The van der Waals surface area contributed by atoms with E-state index in [0.29, 0.717) is 11.8 Å². The van der Waals surface area contributed by atoms with Gasteiger partial charge in [-0.2, -0.15) is 0 Å². The van der Waals surface area contributed by atoms with Crippen molar-refractivity contribution in [2.45, 2.75) is 38.0 Å². The van der Waals surface area contributed by atoms with E-state index in [-0.39, 0.29) is 5.82 Å². The van der Waals surface area contributed by atoms with E-state index in [9.17, 15) is 4.39 Å². The van der Waals surface area contributed by atoms with Gasteiger partial charge in [0.15, 0.2) is 0 Å². The zero-order valence-corrected chi connectivity index (χ0v) is 15.8. The summed E-state index contributed by atoms with van der Waals surface area (Å²) in [5.74, 6) is 1.59. The fraction of sp³-hybridized carbons (Fsp3) is 0.333. The Morgan fingerprint density at radius 2 is 1.96 bits per heavy atom. The third-order valence-electron chi connectivity index (χ3n) is 6.38. The van der Waals surface area contributed by atoms with Crippen molar-refractivity contribution in [3.05, 3.63) is 77.9 Å². The van der Waals surface area contributed by atoms with Gasteiger partial charge < -0.3 is 4.98 Å². The Kier molecular flexibility index (Phi) is 4.55. The first-order valence-corrected chi connectivity index (χ1v) is 10.2. The minimum Gasteiger partial charge on any atom is -0.348 e. The Balaban J connectivity index is 1.39. The monoisotopic (exact) mass is 373 g/mol. The molecule has 3 atom stereocenters. The number of H-pyrrole nitrogens is 1. The number of nitrogens with zero attached hydrogens (tertiary/aromatic N) is 2. The summed E-state index contributed by atoms with van der Waals surface area (Å²) in [6.45, 7) is 0. The summed E-state index contributed by atoms with van der Waals surface area (Å²) in [6.07, 6.45) is 14.5. The van der Waals surface area contributed by atoms with Crippen molar-refractivity contribution in [3.63, 3.8) is 0 Å². The van der Waals surface area contributed by atoms with Crippen LogP contribution in [-0.2, 0) is 6.42 Å². The number of nitrogens with one attached hydrogen (secondary N) is 1. The van der Waals surface area contributed by atoms with E-state index >= 15 is 0 Å². The lowest BCUT2D eigenvalue weighted by Gasteiger charge is -2.39. The van der Waals surface area contributed by atoms with Gasteiger partial charge in [0.1, 0.15) is 5.82 Å². The van der Waals surface area contributed by atoms with Gasteiger partial charge in [0.25, 0.3) is 0 Å². The van der Waals surface area contributed by atoms with Crippen LogP contribution in [-0.4, -0.2) is 15.0 Å². The van der Waals surface area contributed by atoms with Crippen LogP contribution in [0.25, 0.3) is 17.2 Å². The van der Waals surface area contributed by atoms with Crippen molar-refractivity contribution in [1.82, 2.24) is 15.0 Å². The van der Waals surface area contributed by atoms with Gasteiger partial charge in [-0.15, -0.1) is 0 Å². The van der Waals surface area contributed by atoms with Crippen LogP contribution in [0.4, 0.5) is 4.39 Å². The Morgan fingerprint density at radius 1 is 1.04 bits per heavy atom. The summed E-state index contributed by atoms with van der Waals surface area (Å²) in [4.78, 5) is 12.6. The maximum atomic E-state index is 13.4. The molecule has 2 aromatic heterocycles. The molecule has 0 aliphatic heterocycles. The largest absolute Gasteiger partial charge is 0.348 e. The number of allylic oxidation sites excluding steroid dienone is 1. The summed E-state index contributed by atoms with van der Waals surface area (Å²) in [6, 6.07) is 10.6. The summed E-state index contributed by atoms with van der Waals surface area (Å²) < 4.78 is 13.4. The second-order valence-corrected chi connectivity index (χ2v) is 8.05. The molecule has 2 heterocycles. The molecule has 0 amide bonds. The third-order valence-corrected chi connectivity index (χ3v) is 6.38. The van der Waals surface area contributed by atoms with Gasteiger partial charge in [0.2, 0.25) is 0 Å². The number of hydrogen-bond donors (Lipinski definition) is 1. The Labute approximate surface area is 164 Å². The normalized spacial score (nSPS) is 24.1. The summed E-state index contributed by atoms with van der Waals surface area (Å²) >= 11 is 0. The predicted octanol–water partition coefficient (Wildman–Crippen LogP) is 5.77. The van der Waals surface area contributed by atoms with E-state index < -0.39 is 0 Å². The molecule has 3 nitrogen and oxygen atoms in total. The van der Waals surface area contributed by atoms with E-state index in [1.807, 2.05) is 30.7 Å². The molecule has 3 aromatic rings. The lowest BCUT2D eigenvalue weighted by atomic mass is 9.66. The molecule has 1 aromatic carbocycles. The van der Waals surface area contributed by atoms with Crippen LogP contribution >= 0.6 is 0 Å². The molecule has 2 aliphatic rings. The van der Waals surface area contributed by atoms with E-state index in [2.05, 4.69) is 27.1 Å². The van der Waals surface area contributed by atoms with Crippen LogP contribution in [0.5, 0.6) is 0 Å². The molecule has 3 unspecified atom stereocenters. The molecule has 28 heavy (non-hydrogen) atoms. The second kappa shape index (κ2) is 7.34. The zero-order valence-electron chi connectivity index (χ0n) is 15.8. The Bertz CT molecular complexity index is 989. The van der Waals surface area contributed by atoms with Crippen molar-refractivity contribution < 1.29 is 4.39 Å². The molecule has 0 spiro atoms. The number of pyridine rings is 1. The molecule has 2 aliphatic carbocycles. The van der Waals surface area contributed by atoms with Crippen molar-refractivity contribution >= 4 is 6.08 Å². The number of aromatic nitrogens is 3. The highest BCUT2D eigenvalue weighted by Crippen LogP contribution is 2.46. The van der Waals surface area contributed by atoms with Crippen molar-refractivity contribution in [2.24, 2.45) is 11.8 Å². The second-order valence-electron chi connectivity index (χ2n) is 8.05. The lowest BCUT2D eigenvalue weighted by Crippen LogP contribution is -2.31. The van der Waals surface area contributed by atoms with Crippen molar-refractivity contribution in [1.29, 1.82) is 0 Å². The molecule has 0 bridgehead atoms. The Hall–Kier alpha value is -2.75. The first-order valence-electron chi connectivity index (χ1n) is 10.2. The SMILES string of the molecule is Fc1cccc(-c2ccc(/C=C/C3c4nc[nH]c4CC4CCCCC43)nc2)c1. The standard InChI is InChI=1S/C24H24FN3/c25-19-6-3-5-16(12-19)18-8-9-20(26-14-18)10-11-22-21-7-2-1-4-17(21)13-23-24(22)28-15-27-23/h3,5-6,8-12,14-15,17,21-22H,1-2,4,7,13H2,(H,27,28)/b11-10+. The van der Waals surface area contributed by atoms with Crippen LogP contribution in [0.3, 0.4) is 0 Å². The average molecular weight is 373 g/mol. The summed E-state index contributed by atoms with van der Waals surface area (Å²) in [5, 5.41) is 0. The molecule has 5 rings (SSSR count). The number of imidazole rings is 1. The van der Waals surface area contributed by atoms with Crippen LogP contribution in [0.2, 0.25) is 0 Å². The minimum atomic E-state index is -0.226. The molecular weight excluding hydrogens is 349 g/mol. The van der Waals surface area contributed by atoms with Crippen molar-refractivity contribution in [2.75, 3.05) is 0 Å². The molecule has 0 radical (unpaired) electrons. The number of aromatic amines is 1. The molecule has 1 saturated carbocycles. The first-order chi connectivity index (χ1) is 13.8. The molecule has 1 N–H and O–H groups in total. The maximum absolute atomic E-state index is 13.4. The van der Waals surface area contributed by atoms with Crippen LogP contribution < -0.4 is 0 Å². The highest BCUT2D eigenvalue weighted by atomic mass is 19.1. The number of benzene rings is 1. The predicted molar refractivity (Wildman–Crippen MR) is 109 cm³/mol. The number of halogens is 1. The molecule has 1 fully saturated rings. The van der Waals surface area contributed by atoms with E-state index in [4.69, 9.17) is 0 Å². The van der Waals surface area contributed by atoms with Gasteiger partial charge in [0, 0.05) is 23.4 Å². The minimum absolute atomic E-state index is 0.226. The topological polar surface area (TPSA) is 41.6 Å². The Morgan fingerprint density at radius 3 is 2.82 bits per heavy atom. The molecule has 142 valence electrons. The molecule has 0 saturated heterocycles. The molecular formula is C24H24FN3. The van der Waals surface area contributed by atoms with Crippen LogP contribution in [0.15, 0.2) is 55.0 Å². The van der Waals surface area contributed by atoms with Crippen LogP contribution in [0, 0.1) is 17.7 Å². The average Bonchev–Trinajstić information content (AvgIpc) is 3.20. The van der Waals surface area contributed by atoms with E-state index in [0.717, 1.165) is 29.2 Å². The van der Waals surface area contributed by atoms with Crippen LogP contribution in [0.1, 0.15) is 48.7 Å². The smallest absolute Gasteiger partial charge is 0.123 e. The lowest BCUT2D eigenvalue weighted by molar-refractivity contribution is 0.199. The van der Waals surface area contributed by atoms with Crippen molar-refractivity contribution in [3.8, 4) is 11.1 Å². The fourth-order valence-corrected chi connectivity index (χ4v) is 4.99. The highest BCUT2D eigenvalue weighted by Gasteiger charge is 2.38. The van der Waals surface area contributed by atoms with Gasteiger partial charge in [-0.25, -0.2) is 9.37 Å². The van der Waals surface area contributed by atoms with Gasteiger partial charge in [-0.05, 0) is 60.9 Å². The number of hydrogen-bond acceptors (Lipinski definition) is 2. The number of rotatable bonds is 3. The molecule has 4 heteroatoms. The fourth-order valence-electron chi connectivity index (χ4n) is 4.99. The quantitative estimate of drug-likeness (QED) is 0.633. The first kappa shape index (κ1) is 17.4. The maximum Gasteiger partial charge on any atom is 0.123 e. The number of fused-ring (bicyclic) bond motifs is 2. The summed E-state index contributed by atoms with van der Waals surface area (Å²) in [7, 11) is 0. The van der Waals surface area contributed by atoms with Gasteiger partial charge in [-0.3, -0.25) is 4.98 Å². The van der Waals surface area contributed by atoms with Gasteiger partial charge in [-0.1, -0.05) is 37.1 Å². The van der Waals surface area contributed by atoms with Gasteiger partial charge >= 0.3 is 0 Å². The summed E-state index contributed by atoms with van der Waals surface area (Å²) in [5.41, 5.74) is 5.23. The third kappa shape index (κ3) is 3.28. The van der Waals surface area contributed by atoms with Gasteiger partial charge in [0.05, 0.1) is 17.7 Å².